The second-order valence-corrected chi connectivity index (χ2v) is 4.45. The largest absolute Gasteiger partial charge is 0.383 e. The van der Waals surface area contributed by atoms with Crippen molar-refractivity contribution in [2.24, 2.45) is 0 Å². The lowest BCUT2D eigenvalue weighted by Crippen LogP contribution is -2.18. The molecule has 0 atom stereocenters. The highest BCUT2D eigenvalue weighted by atomic mass is 35.5. The van der Waals surface area contributed by atoms with Gasteiger partial charge in [-0.2, -0.15) is 0 Å². The molecule has 6 nitrogen and oxygen atoms in total. The van der Waals surface area contributed by atoms with Crippen molar-refractivity contribution in [1.29, 1.82) is 0 Å². The van der Waals surface area contributed by atoms with Crippen LogP contribution in [0.25, 0.3) is 0 Å². The zero-order chi connectivity index (χ0) is 13.5. The molecule has 2 rings (SSSR count). The summed E-state index contributed by atoms with van der Waals surface area (Å²) in [6.45, 7) is 2.74. The molecule has 2 aromatic heterocycles. The molecule has 1 N–H and O–H groups in total. The van der Waals surface area contributed by atoms with Gasteiger partial charge in [-0.05, 0) is 11.6 Å². The van der Waals surface area contributed by atoms with Crippen LogP contribution in [0.3, 0.4) is 0 Å². The SMILES string of the molecule is COCCNCc1cn(Cc2ccncc2Cl)nn1. The molecule has 0 aliphatic carbocycles. The van der Waals surface area contributed by atoms with E-state index >= 15 is 0 Å². The molecule has 0 fully saturated rings. The fraction of sp³-hybridized carbons (Fsp3) is 0.417. The van der Waals surface area contributed by atoms with Gasteiger partial charge in [0.25, 0.3) is 0 Å². The Morgan fingerprint density at radius 3 is 3.16 bits per heavy atom. The Labute approximate surface area is 116 Å². The molecule has 0 spiro atoms. The monoisotopic (exact) mass is 281 g/mol. The Bertz CT molecular complexity index is 516. The third-order valence-corrected chi connectivity index (χ3v) is 2.90. The van der Waals surface area contributed by atoms with Crippen LogP contribution in [-0.4, -0.2) is 40.2 Å². The second-order valence-electron chi connectivity index (χ2n) is 4.04. The summed E-state index contributed by atoms with van der Waals surface area (Å²) in [6, 6.07) is 1.88. The van der Waals surface area contributed by atoms with Gasteiger partial charge in [-0.25, -0.2) is 4.68 Å². The van der Waals surface area contributed by atoms with E-state index in [1.807, 2.05) is 12.3 Å². The Hall–Kier alpha value is -1.50. The maximum atomic E-state index is 6.05. The van der Waals surface area contributed by atoms with Gasteiger partial charge in [0.05, 0.1) is 30.1 Å². The molecule has 0 saturated heterocycles. The fourth-order valence-corrected chi connectivity index (χ4v) is 1.77. The van der Waals surface area contributed by atoms with Gasteiger partial charge >= 0.3 is 0 Å². The Kier molecular flexibility index (Phi) is 5.26. The van der Waals surface area contributed by atoms with E-state index in [2.05, 4.69) is 20.6 Å². The lowest BCUT2D eigenvalue weighted by molar-refractivity contribution is 0.199. The first kappa shape index (κ1) is 13.9. The maximum Gasteiger partial charge on any atom is 0.0964 e. The Morgan fingerprint density at radius 2 is 2.37 bits per heavy atom. The first-order valence-corrected chi connectivity index (χ1v) is 6.34. The van der Waals surface area contributed by atoms with E-state index in [4.69, 9.17) is 16.3 Å². The topological polar surface area (TPSA) is 64.9 Å². The van der Waals surface area contributed by atoms with E-state index in [1.165, 1.54) is 0 Å². The number of rotatable bonds is 7. The van der Waals surface area contributed by atoms with Crippen LogP contribution >= 0.6 is 11.6 Å². The summed E-state index contributed by atoms with van der Waals surface area (Å²) in [7, 11) is 1.68. The first-order valence-electron chi connectivity index (χ1n) is 5.96. The number of halogens is 1. The van der Waals surface area contributed by atoms with Crippen LogP contribution in [0, 0.1) is 0 Å². The molecule has 0 unspecified atom stereocenters. The van der Waals surface area contributed by atoms with Crippen molar-refractivity contribution in [3.05, 3.63) is 40.9 Å². The van der Waals surface area contributed by atoms with Gasteiger partial charge in [0.2, 0.25) is 0 Å². The van der Waals surface area contributed by atoms with Crippen molar-refractivity contribution in [1.82, 2.24) is 25.3 Å². The first-order chi connectivity index (χ1) is 9.29. The van der Waals surface area contributed by atoms with Gasteiger partial charge in [0, 0.05) is 32.6 Å². The van der Waals surface area contributed by atoms with Crippen LogP contribution in [0.4, 0.5) is 0 Å². The molecule has 0 bridgehead atoms. The average Bonchev–Trinajstić information content (AvgIpc) is 2.85. The zero-order valence-electron chi connectivity index (χ0n) is 10.7. The van der Waals surface area contributed by atoms with Crippen LogP contribution in [0.15, 0.2) is 24.7 Å². The van der Waals surface area contributed by atoms with Crippen LogP contribution in [0.1, 0.15) is 11.3 Å². The van der Waals surface area contributed by atoms with E-state index in [0.717, 1.165) is 17.8 Å². The van der Waals surface area contributed by atoms with Crippen LogP contribution < -0.4 is 5.32 Å². The lowest BCUT2D eigenvalue weighted by Gasteiger charge is -2.02. The van der Waals surface area contributed by atoms with Gasteiger partial charge in [-0.15, -0.1) is 5.10 Å². The van der Waals surface area contributed by atoms with Crippen molar-refractivity contribution >= 4 is 11.6 Å². The van der Waals surface area contributed by atoms with Crippen molar-refractivity contribution in [3.8, 4) is 0 Å². The zero-order valence-corrected chi connectivity index (χ0v) is 11.5. The standard InChI is InChI=1S/C12H16ClN5O/c1-19-5-4-15-6-11-9-18(17-16-11)8-10-2-3-14-7-12(10)13/h2-3,7,9,15H,4-6,8H2,1H3. The molecule has 0 saturated carbocycles. The number of nitrogens with zero attached hydrogens (tertiary/aromatic N) is 4. The summed E-state index contributed by atoms with van der Waals surface area (Å²) >= 11 is 6.05. The number of aromatic nitrogens is 4. The molecule has 102 valence electrons. The summed E-state index contributed by atoms with van der Waals surface area (Å²) in [5.41, 5.74) is 1.86. The Balaban J connectivity index is 1.89. The minimum absolute atomic E-state index is 0.590. The van der Waals surface area contributed by atoms with Gasteiger partial charge in [0.1, 0.15) is 0 Å². The van der Waals surface area contributed by atoms with Gasteiger partial charge in [0.15, 0.2) is 0 Å². The third kappa shape index (κ3) is 4.27. The summed E-state index contributed by atoms with van der Waals surface area (Å²) < 4.78 is 6.71. The summed E-state index contributed by atoms with van der Waals surface area (Å²) in [4.78, 5) is 3.95. The quantitative estimate of drug-likeness (QED) is 0.770. The van der Waals surface area contributed by atoms with E-state index < -0.39 is 0 Å². The molecule has 2 heterocycles. The lowest BCUT2D eigenvalue weighted by atomic mass is 10.3. The molecule has 0 radical (unpaired) electrons. The summed E-state index contributed by atoms with van der Waals surface area (Å²) in [6.07, 6.45) is 5.24. The van der Waals surface area contributed by atoms with Crippen LogP contribution in [0.2, 0.25) is 5.02 Å². The summed E-state index contributed by atoms with van der Waals surface area (Å²) in [5.74, 6) is 0. The molecule has 19 heavy (non-hydrogen) atoms. The normalized spacial score (nSPS) is 10.8. The fourth-order valence-electron chi connectivity index (χ4n) is 1.59. The smallest absolute Gasteiger partial charge is 0.0964 e. The van der Waals surface area contributed by atoms with Crippen molar-refractivity contribution in [3.63, 3.8) is 0 Å². The molecule has 2 aromatic rings. The minimum atomic E-state index is 0.590. The Morgan fingerprint density at radius 1 is 1.47 bits per heavy atom. The van der Waals surface area contributed by atoms with E-state index in [0.29, 0.717) is 24.7 Å². The van der Waals surface area contributed by atoms with E-state index in [9.17, 15) is 0 Å². The number of hydrogen-bond acceptors (Lipinski definition) is 5. The second kappa shape index (κ2) is 7.18. The maximum absolute atomic E-state index is 6.05. The highest BCUT2D eigenvalue weighted by Gasteiger charge is 2.04. The molecule has 0 aliphatic heterocycles. The molecular weight excluding hydrogens is 266 g/mol. The highest BCUT2D eigenvalue weighted by molar-refractivity contribution is 6.31. The van der Waals surface area contributed by atoms with E-state index in [1.54, 1.807) is 24.2 Å². The number of pyridine rings is 1. The van der Waals surface area contributed by atoms with Crippen molar-refractivity contribution in [2.45, 2.75) is 13.1 Å². The highest BCUT2D eigenvalue weighted by Crippen LogP contribution is 2.14. The minimum Gasteiger partial charge on any atom is -0.383 e. The molecule has 7 heteroatoms. The van der Waals surface area contributed by atoms with Gasteiger partial charge in [-0.1, -0.05) is 16.8 Å². The average molecular weight is 282 g/mol. The van der Waals surface area contributed by atoms with Crippen LogP contribution in [0.5, 0.6) is 0 Å². The van der Waals surface area contributed by atoms with Crippen molar-refractivity contribution in [2.75, 3.05) is 20.3 Å². The third-order valence-electron chi connectivity index (χ3n) is 2.56. The molecule has 0 aliphatic rings. The summed E-state index contributed by atoms with van der Waals surface area (Å²) in [5, 5.41) is 12.0. The van der Waals surface area contributed by atoms with Crippen molar-refractivity contribution < 1.29 is 4.74 Å². The predicted octanol–water partition coefficient (Wildman–Crippen LogP) is 1.11. The number of hydrogen-bond donors (Lipinski definition) is 1. The molecule has 0 amide bonds. The number of ether oxygens (including phenoxy) is 1. The molecular formula is C12H16ClN5O. The van der Waals surface area contributed by atoms with Crippen LogP contribution in [-0.2, 0) is 17.8 Å². The van der Waals surface area contributed by atoms with E-state index in [-0.39, 0.29) is 0 Å². The van der Waals surface area contributed by atoms with Gasteiger partial charge in [-0.3, -0.25) is 4.98 Å². The number of methoxy groups -OCH3 is 1. The predicted molar refractivity (Wildman–Crippen MR) is 72.0 cm³/mol. The molecule has 0 aromatic carbocycles. The van der Waals surface area contributed by atoms with Gasteiger partial charge < -0.3 is 10.1 Å². The number of nitrogens with one attached hydrogen (secondary N) is 1.